The Balaban J connectivity index is 1.33. The first-order valence-corrected chi connectivity index (χ1v) is 11.2. The molecule has 32 heavy (non-hydrogen) atoms. The number of ketones is 1. The predicted molar refractivity (Wildman–Crippen MR) is 125 cm³/mol. The summed E-state index contributed by atoms with van der Waals surface area (Å²) in [4.78, 5) is 24.4. The van der Waals surface area contributed by atoms with Gasteiger partial charge < -0.3 is 0 Å². The standard InChI is InChI=1S/C26H27N5O/c1-30-17-23(16-29-30)19-5-6-21-15-28-24(13-22(21)11-19)14-26(32)20-7-8-27-25(12-20)18-31-9-3-2-4-10-31/h5-8,11-13,15-17H,2-4,9-10,14,18H2,1H3. The molecule has 1 aliphatic heterocycles. The van der Waals surface area contributed by atoms with Crippen LogP contribution in [0.15, 0.2) is 61.2 Å². The Morgan fingerprint density at radius 2 is 1.78 bits per heavy atom. The van der Waals surface area contributed by atoms with E-state index >= 15 is 0 Å². The second-order valence-corrected chi connectivity index (χ2v) is 8.61. The topological polar surface area (TPSA) is 63.9 Å². The molecule has 4 aromatic rings. The highest BCUT2D eigenvalue weighted by molar-refractivity contribution is 5.98. The molecule has 3 aromatic heterocycles. The van der Waals surface area contributed by atoms with Gasteiger partial charge in [0.2, 0.25) is 0 Å². The van der Waals surface area contributed by atoms with E-state index in [-0.39, 0.29) is 12.2 Å². The SMILES string of the molecule is Cn1cc(-c2ccc3cnc(CC(=O)c4ccnc(CN5CCCCC5)c4)cc3c2)cn1. The van der Waals surface area contributed by atoms with Gasteiger partial charge in [0.1, 0.15) is 0 Å². The van der Waals surface area contributed by atoms with Crippen molar-refractivity contribution in [1.82, 2.24) is 24.6 Å². The van der Waals surface area contributed by atoms with Crippen molar-refractivity contribution in [2.75, 3.05) is 13.1 Å². The Morgan fingerprint density at radius 1 is 0.906 bits per heavy atom. The van der Waals surface area contributed by atoms with E-state index in [4.69, 9.17) is 0 Å². The molecule has 162 valence electrons. The summed E-state index contributed by atoms with van der Waals surface area (Å²) in [6, 6.07) is 12.0. The first kappa shape index (κ1) is 20.5. The van der Waals surface area contributed by atoms with Gasteiger partial charge in [0.25, 0.3) is 0 Å². The smallest absolute Gasteiger partial charge is 0.168 e. The maximum Gasteiger partial charge on any atom is 0.168 e. The third-order valence-electron chi connectivity index (χ3n) is 6.13. The van der Waals surface area contributed by atoms with Crippen LogP contribution in [0.25, 0.3) is 21.9 Å². The Labute approximate surface area is 187 Å². The lowest BCUT2D eigenvalue weighted by Gasteiger charge is -2.25. The van der Waals surface area contributed by atoms with Gasteiger partial charge in [-0.05, 0) is 61.1 Å². The van der Waals surface area contributed by atoms with Crippen LogP contribution >= 0.6 is 0 Å². The molecule has 0 radical (unpaired) electrons. The number of piperidine rings is 1. The third-order valence-corrected chi connectivity index (χ3v) is 6.13. The van der Waals surface area contributed by atoms with Crippen molar-refractivity contribution >= 4 is 16.6 Å². The van der Waals surface area contributed by atoms with Gasteiger partial charge >= 0.3 is 0 Å². The van der Waals surface area contributed by atoms with E-state index in [1.807, 2.05) is 43.8 Å². The molecule has 4 heterocycles. The summed E-state index contributed by atoms with van der Waals surface area (Å²) in [5, 5.41) is 6.39. The van der Waals surface area contributed by atoms with E-state index in [2.05, 4.69) is 38.2 Å². The van der Waals surface area contributed by atoms with Gasteiger partial charge in [-0.1, -0.05) is 18.6 Å². The molecule has 0 saturated carbocycles. The lowest BCUT2D eigenvalue weighted by atomic mass is 10.0. The lowest BCUT2D eigenvalue weighted by molar-refractivity contribution is 0.0991. The molecule has 1 saturated heterocycles. The summed E-state index contributed by atoms with van der Waals surface area (Å²) in [6.45, 7) is 3.04. The number of Topliss-reactive ketones (excluding diaryl/α,β-unsaturated/α-hetero) is 1. The van der Waals surface area contributed by atoms with Gasteiger partial charge in [0, 0.05) is 54.4 Å². The summed E-state index contributed by atoms with van der Waals surface area (Å²) in [5.41, 5.74) is 4.62. The zero-order chi connectivity index (χ0) is 21.9. The van der Waals surface area contributed by atoms with Crippen molar-refractivity contribution in [2.45, 2.75) is 32.2 Å². The largest absolute Gasteiger partial charge is 0.298 e. The molecule has 1 aromatic carbocycles. The molecule has 6 heteroatoms. The van der Waals surface area contributed by atoms with Gasteiger partial charge in [-0.25, -0.2) is 0 Å². The van der Waals surface area contributed by atoms with Crippen LogP contribution in [0, 0.1) is 0 Å². The number of rotatable bonds is 6. The molecule has 0 N–H and O–H groups in total. The number of aromatic nitrogens is 4. The normalized spacial score (nSPS) is 14.7. The highest BCUT2D eigenvalue weighted by Crippen LogP contribution is 2.24. The molecule has 6 nitrogen and oxygen atoms in total. The fourth-order valence-electron chi connectivity index (χ4n) is 4.38. The average molecular weight is 426 g/mol. The first-order valence-electron chi connectivity index (χ1n) is 11.2. The fourth-order valence-corrected chi connectivity index (χ4v) is 4.38. The quantitative estimate of drug-likeness (QED) is 0.427. The zero-order valence-electron chi connectivity index (χ0n) is 18.4. The van der Waals surface area contributed by atoms with Crippen molar-refractivity contribution in [3.8, 4) is 11.1 Å². The van der Waals surface area contributed by atoms with E-state index in [1.165, 1.54) is 19.3 Å². The van der Waals surface area contributed by atoms with E-state index in [1.54, 1.807) is 10.9 Å². The molecule has 0 bridgehead atoms. The minimum absolute atomic E-state index is 0.0718. The van der Waals surface area contributed by atoms with E-state index in [9.17, 15) is 4.79 Å². The minimum atomic E-state index is 0.0718. The number of nitrogens with zero attached hydrogens (tertiary/aromatic N) is 5. The number of hydrogen-bond acceptors (Lipinski definition) is 5. The number of aryl methyl sites for hydroxylation is 1. The van der Waals surface area contributed by atoms with E-state index < -0.39 is 0 Å². The third kappa shape index (κ3) is 4.60. The van der Waals surface area contributed by atoms with Crippen molar-refractivity contribution in [3.63, 3.8) is 0 Å². The number of carbonyl (C=O) groups excluding carboxylic acids is 1. The van der Waals surface area contributed by atoms with Crippen LogP contribution in [0.2, 0.25) is 0 Å². The maximum absolute atomic E-state index is 13.0. The molecule has 0 amide bonds. The molecule has 0 spiro atoms. The van der Waals surface area contributed by atoms with Gasteiger partial charge in [0.15, 0.2) is 5.78 Å². The molecule has 1 fully saturated rings. The highest BCUT2D eigenvalue weighted by Gasteiger charge is 2.14. The van der Waals surface area contributed by atoms with Crippen LogP contribution in [-0.2, 0) is 20.0 Å². The number of pyridine rings is 2. The van der Waals surface area contributed by atoms with E-state index in [0.717, 1.165) is 52.9 Å². The number of fused-ring (bicyclic) bond motifs is 1. The second-order valence-electron chi connectivity index (χ2n) is 8.61. The van der Waals surface area contributed by atoms with Gasteiger partial charge in [0.05, 0.1) is 18.3 Å². The average Bonchev–Trinajstić information content (AvgIpc) is 3.26. The highest BCUT2D eigenvalue weighted by atomic mass is 16.1. The van der Waals surface area contributed by atoms with Crippen LogP contribution in [0.1, 0.15) is 41.0 Å². The summed E-state index contributed by atoms with van der Waals surface area (Å²) in [5.74, 6) is 0.0718. The Bertz CT molecular complexity index is 1260. The molecular weight excluding hydrogens is 398 g/mol. The van der Waals surface area contributed by atoms with Crippen LogP contribution in [-0.4, -0.2) is 43.5 Å². The molecular formula is C26H27N5O. The molecule has 0 unspecified atom stereocenters. The molecule has 1 aliphatic rings. The van der Waals surface area contributed by atoms with Gasteiger partial charge in [-0.2, -0.15) is 5.10 Å². The number of hydrogen-bond donors (Lipinski definition) is 0. The van der Waals surface area contributed by atoms with Crippen LogP contribution in [0.5, 0.6) is 0 Å². The Morgan fingerprint density at radius 3 is 2.59 bits per heavy atom. The maximum atomic E-state index is 13.0. The number of benzene rings is 1. The van der Waals surface area contributed by atoms with Gasteiger partial charge in [-0.15, -0.1) is 0 Å². The van der Waals surface area contributed by atoms with E-state index in [0.29, 0.717) is 5.56 Å². The number of likely N-dealkylation sites (tertiary alicyclic amines) is 1. The zero-order valence-corrected chi connectivity index (χ0v) is 18.4. The van der Waals surface area contributed by atoms with Crippen LogP contribution in [0.3, 0.4) is 0 Å². The van der Waals surface area contributed by atoms with Gasteiger partial charge in [-0.3, -0.25) is 24.3 Å². The second kappa shape index (κ2) is 9.01. The first-order chi connectivity index (χ1) is 15.6. The van der Waals surface area contributed by atoms with Crippen molar-refractivity contribution in [3.05, 3.63) is 78.1 Å². The van der Waals surface area contributed by atoms with Crippen molar-refractivity contribution in [2.24, 2.45) is 7.05 Å². The molecule has 5 rings (SSSR count). The molecule has 0 atom stereocenters. The Hall–Kier alpha value is -3.38. The van der Waals surface area contributed by atoms with Crippen LogP contribution < -0.4 is 0 Å². The fraction of sp³-hybridized carbons (Fsp3) is 0.308. The summed E-state index contributed by atoms with van der Waals surface area (Å²) < 4.78 is 1.80. The summed E-state index contributed by atoms with van der Waals surface area (Å²) in [7, 11) is 1.91. The Kier molecular flexibility index (Phi) is 5.77. The molecule has 0 aliphatic carbocycles. The summed E-state index contributed by atoms with van der Waals surface area (Å²) in [6.07, 6.45) is 11.5. The monoisotopic (exact) mass is 425 g/mol. The van der Waals surface area contributed by atoms with Crippen molar-refractivity contribution < 1.29 is 4.79 Å². The van der Waals surface area contributed by atoms with Crippen LogP contribution in [0.4, 0.5) is 0 Å². The summed E-state index contributed by atoms with van der Waals surface area (Å²) >= 11 is 0. The minimum Gasteiger partial charge on any atom is -0.298 e. The lowest BCUT2D eigenvalue weighted by Crippen LogP contribution is -2.29. The number of carbonyl (C=O) groups is 1. The van der Waals surface area contributed by atoms with Crippen molar-refractivity contribution in [1.29, 1.82) is 0 Å². The predicted octanol–water partition coefficient (Wildman–Crippen LogP) is 4.44.